The quantitative estimate of drug-likeness (QED) is 0.402. The third kappa shape index (κ3) is 3.21. The number of nitrogens with two attached hydrogens (primary N) is 1. The molecular weight excluding hydrogens is 387 g/mol. The molecule has 3 N–H and O–H groups in total. The third-order valence-corrected chi connectivity index (χ3v) is 6.25. The summed E-state index contributed by atoms with van der Waals surface area (Å²) < 4.78 is 14.4. The Balaban J connectivity index is 1.58. The number of benzene rings is 1. The van der Waals surface area contributed by atoms with Gasteiger partial charge in [0.25, 0.3) is 5.56 Å². The van der Waals surface area contributed by atoms with Crippen molar-refractivity contribution in [3.63, 3.8) is 0 Å². The highest BCUT2D eigenvalue weighted by molar-refractivity contribution is 7.98. The van der Waals surface area contributed by atoms with Gasteiger partial charge in [0.1, 0.15) is 16.5 Å². The Hall–Kier alpha value is -2.72. The van der Waals surface area contributed by atoms with Gasteiger partial charge in [-0.15, -0.1) is 21.5 Å². The van der Waals surface area contributed by atoms with Gasteiger partial charge in [0.2, 0.25) is 5.16 Å². The number of H-pyrrole nitrogens is 1. The molecule has 0 saturated heterocycles. The number of hydrogen-bond acceptors (Lipinski definition) is 7. The maximum Gasteiger partial charge on any atom is 0.259 e. The van der Waals surface area contributed by atoms with Crippen molar-refractivity contribution in [3.05, 3.63) is 56.7 Å². The lowest BCUT2D eigenvalue weighted by Gasteiger charge is -2.04. The number of aromatic nitrogens is 5. The zero-order chi connectivity index (χ0) is 19.1. The SMILES string of the molecule is Cc1sc2nc(CSc3nnc(-c4ccc(F)cc4)n3N)[nH]c(=O)c2c1C. The predicted octanol–water partition coefficient (Wildman–Crippen LogP) is 3.01. The second-order valence-electron chi connectivity index (χ2n) is 5.95. The lowest BCUT2D eigenvalue weighted by Crippen LogP contribution is -2.13. The minimum atomic E-state index is -0.332. The number of aryl methyl sites for hydroxylation is 2. The molecule has 0 bridgehead atoms. The summed E-state index contributed by atoms with van der Waals surface area (Å²) in [5.74, 6) is 7.10. The average molecular weight is 402 g/mol. The Kier molecular flexibility index (Phi) is 4.44. The maximum absolute atomic E-state index is 13.1. The summed E-state index contributed by atoms with van der Waals surface area (Å²) in [6.45, 7) is 3.90. The van der Waals surface area contributed by atoms with Crippen LogP contribution in [0.25, 0.3) is 21.6 Å². The minimum Gasteiger partial charge on any atom is -0.335 e. The molecule has 4 aromatic rings. The van der Waals surface area contributed by atoms with Crippen molar-refractivity contribution in [1.82, 2.24) is 24.8 Å². The Bertz CT molecular complexity index is 1190. The number of thiophene rings is 1. The first-order valence-corrected chi connectivity index (χ1v) is 9.82. The first kappa shape index (κ1) is 17.7. The van der Waals surface area contributed by atoms with Crippen LogP contribution >= 0.6 is 23.1 Å². The van der Waals surface area contributed by atoms with E-state index in [-0.39, 0.29) is 11.4 Å². The molecule has 3 heterocycles. The van der Waals surface area contributed by atoms with E-state index in [9.17, 15) is 9.18 Å². The molecule has 27 heavy (non-hydrogen) atoms. The van der Waals surface area contributed by atoms with Gasteiger partial charge in [0, 0.05) is 10.4 Å². The van der Waals surface area contributed by atoms with E-state index < -0.39 is 0 Å². The van der Waals surface area contributed by atoms with Gasteiger partial charge in [-0.1, -0.05) is 11.8 Å². The summed E-state index contributed by atoms with van der Waals surface area (Å²) >= 11 is 2.81. The Morgan fingerprint density at radius 1 is 1.26 bits per heavy atom. The van der Waals surface area contributed by atoms with Crippen LogP contribution in [-0.4, -0.2) is 24.8 Å². The van der Waals surface area contributed by atoms with E-state index in [2.05, 4.69) is 20.2 Å². The first-order valence-electron chi connectivity index (χ1n) is 8.02. The van der Waals surface area contributed by atoms with Crippen molar-refractivity contribution in [3.8, 4) is 11.4 Å². The largest absolute Gasteiger partial charge is 0.335 e. The fourth-order valence-corrected chi connectivity index (χ4v) is 4.45. The highest BCUT2D eigenvalue weighted by atomic mass is 32.2. The first-order chi connectivity index (χ1) is 12.9. The van der Waals surface area contributed by atoms with Crippen molar-refractivity contribution in [2.45, 2.75) is 24.8 Å². The monoisotopic (exact) mass is 402 g/mol. The molecule has 0 unspecified atom stereocenters. The maximum atomic E-state index is 13.1. The normalized spacial score (nSPS) is 11.4. The minimum absolute atomic E-state index is 0.140. The summed E-state index contributed by atoms with van der Waals surface area (Å²) in [6, 6.07) is 5.86. The van der Waals surface area contributed by atoms with Crippen LogP contribution in [0.3, 0.4) is 0 Å². The Morgan fingerprint density at radius 2 is 2.00 bits per heavy atom. The van der Waals surface area contributed by atoms with Crippen LogP contribution in [0, 0.1) is 19.7 Å². The number of aromatic amines is 1. The zero-order valence-electron chi connectivity index (χ0n) is 14.5. The van der Waals surface area contributed by atoms with Crippen LogP contribution < -0.4 is 11.4 Å². The van der Waals surface area contributed by atoms with Crippen molar-refractivity contribution < 1.29 is 4.39 Å². The number of hydrogen-bond donors (Lipinski definition) is 2. The van der Waals surface area contributed by atoms with E-state index in [0.29, 0.717) is 33.5 Å². The van der Waals surface area contributed by atoms with E-state index in [1.807, 2.05) is 13.8 Å². The number of fused-ring (bicyclic) bond motifs is 1. The number of halogens is 1. The lowest BCUT2D eigenvalue weighted by molar-refractivity contribution is 0.628. The zero-order valence-corrected chi connectivity index (χ0v) is 16.1. The fraction of sp³-hybridized carbons (Fsp3) is 0.176. The average Bonchev–Trinajstić information content (AvgIpc) is 3.14. The molecule has 10 heteroatoms. The molecule has 0 aliphatic rings. The molecule has 4 rings (SSSR count). The summed E-state index contributed by atoms with van der Waals surface area (Å²) in [4.78, 5) is 21.5. The topological polar surface area (TPSA) is 102 Å². The van der Waals surface area contributed by atoms with Crippen molar-refractivity contribution in [2.75, 3.05) is 5.84 Å². The molecule has 0 fully saturated rings. The number of nitrogen functional groups attached to an aromatic ring is 1. The molecule has 7 nitrogen and oxygen atoms in total. The number of nitrogens with one attached hydrogen (secondary N) is 1. The summed E-state index contributed by atoms with van der Waals surface area (Å²) in [6.07, 6.45) is 0. The van der Waals surface area contributed by atoms with Crippen LogP contribution in [0.15, 0.2) is 34.2 Å². The van der Waals surface area contributed by atoms with Gasteiger partial charge < -0.3 is 10.8 Å². The third-order valence-electron chi connectivity index (χ3n) is 4.19. The van der Waals surface area contributed by atoms with Crippen LogP contribution in [0.2, 0.25) is 0 Å². The molecule has 138 valence electrons. The highest BCUT2D eigenvalue weighted by Gasteiger charge is 2.15. The molecule has 0 radical (unpaired) electrons. The summed E-state index contributed by atoms with van der Waals surface area (Å²) in [5, 5.41) is 9.25. The fourth-order valence-electron chi connectivity index (χ4n) is 2.67. The molecular formula is C17H15FN6OS2. The van der Waals surface area contributed by atoms with Gasteiger partial charge >= 0.3 is 0 Å². The van der Waals surface area contributed by atoms with Crippen LogP contribution in [0.4, 0.5) is 4.39 Å². The van der Waals surface area contributed by atoms with Crippen molar-refractivity contribution >= 4 is 33.3 Å². The van der Waals surface area contributed by atoms with E-state index in [4.69, 9.17) is 5.84 Å². The van der Waals surface area contributed by atoms with E-state index >= 15 is 0 Å². The molecule has 3 aromatic heterocycles. The molecule has 0 aliphatic carbocycles. The molecule has 0 spiro atoms. The summed E-state index contributed by atoms with van der Waals surface area (Å²) in [7, 11) is 0. The van der Waals surface area contributed by atoms with E-state index in [1.54, 1.807) is 12.1 Å². The molecule has 1 aromatic carbocycles. The molecule has 0 aliphatic heterocycles. The number of thioether (sulfide) groups is 1. The van der Waals surface area contributed by atoms with Crippen molar-refractivity contribution in [1.29, 1.82) is 0 Å². The molecule has 0 atom stereocenters. The van der Waals surface area contributed by atoms with E-state index in [0.717, 1.165) is 15.3 Å². The second-order valence-corrected chi connectivity index (χ2v) is 8.09. The predicted molar refractivity (Wildman–Crippen MR) is 105 cm³/mol. The Labute approximate surface area is 161 Å². The van der Waals surface area contributed by atoms with E-state index in [1.165, 1.54) is 39.9 Å². The lowest BCUT2D eigenvalue weighted by atomic mass is 10.2. The highest BCUT2D eigenvalue weighted by Crippen LogP contribution is 2.27. The van der Waals surface area contributed by atoms with Crippen LogP contribution in [0.1, 0.15) is 16.3 Å². The number of nitrogens with zero attached hydrogens (tertiary/aromatic N) is 4. The Morgan fingerprint density at radius 3 is 2.74 bits per heavy atom. The van der Waals surface area contributed by atoms with Crippen molar-refractivity contribution in [2.24, 2.45) is 0 Å². The smallest absolute Gasteiger partial charge is 0.259 e. The van der Waals surface area contributed by atoms with Gasteiger partial charge in [0.15, 0.2) is 5.82 Å². The van der Waals surface area contributed by atoms with Gasteiger partial charge in [-0.2, -0.15) is 0 Å². The van der Waals surface area contributed by atoms with Crippen LogP contribution in [-0.2, 0) is 5.75 Å². The van der Waals surface area contributed by atoms with Gasteiger partial charge in [-0.25, -0.2) is 14.1 Å². The summed E-state index contributed by atoms with van der Waals surface area (Å²) in [5.41, 5.74) is 1.49. The van der Waals surface area contributed by atoms with Gasteiger partial charge in [-0.3, -0.25) is 4.79 Å². The van der Waals surface area contributed by atoms with Gasteiger partial charge in [0.05, 0.1) is 11.1 Å². The van der Waals surface area contributed by atoms with Gasteiger partial charge in [-0.05, 0) is 43.7 Å². The standard InChI is InChI=1S/C17H15FN6OS2/c1-8-9(2)27-16-13(8)15(25)20-12(21-16)7-26-17-23-22-14(24(17)19)10-3-5-11(18)6-4-10/h3-6H,7,19H2,1-2H3,(H,20,21,25). The molecule has 0 saturated carbocycles. The number of rotatable bonds is 4. The second kappa shape index (κ2) is 6.78. The molecule has 0 amide bonds. The van der Waals surface area contributed by atoms with Crippen LogP contribution in [0.5, 0.6) is 0 Å².